The zero-order chi connectivity index (χ0) is 41.1. The van der Waals surface area contributed by atoms with Crippen LogP contribution in [-0.2, 0) is 23.7 Å². The van der Waals surface area contributed by atoms with Gasteiger partial charge in [-0.3, -0.25) is 0 Å². The lowest BCUT2D eigenvalue weighted by molar-refractivity contribution is -0.343. The quantitative estimate of drug-likeness (QED) is 0.0940. The largest absolute Gasteiger partial charge is 0.394 e. The number of rotatable bonds is 8. The Balaban J connectivity index is 1.10. The summed E-state index contributed by atoms with van der Waals surface area (Å²) in [6.07, 6.45) is -8.72. The van der Waals surface area contributed by atoms with Gasteiger partial charge in [-0.25, -0.2) is 0 Å². The summed E-state index contributed by atoms with van der Waals surface area (Å²) in [6.45, 7) is 14.2. The molecule has 4 saturated carbocycles. The van der Waals surface area contributed by atoms with Crippen molar-refractivity contribution in [3.63, 3.8) is 0 Å². The molecule has 14 nitrogen and oxygen atoms in total. The number of aliphatic hydroxyl groups excluding tert-OH is 9. The van der Waals surface area contributed by atoms with Crippen LogP contribution in [0, 0.1) is 56.7 Å². The lowest BCUT2D eigenvalue weighted by Crippen LogP contribution is -2.67. The van der Waals surface area contributed by atoms with Gasteiger partial charge in [0.15, 0.2) is 12.6 Å². The second kappa shape index (κ2) is 14.8. The van der Waals surface area contributed by atoms with Gasteiger partial charge in [0.1, 0.15) is 55.1 Å². The lowest BCUT2D eigenvalue weighted by atomic mass is 9.35. The fraction of sp³-hybridized carbons (Fsp3) is 0.929. The normalized spacial score (nSPS) is 55.4. The number of ether oxygens (including phenoxy) is 4. The van der Waals surface area contributed by atoms with Crippen molar-refractivity contribution in [3.05, 3.63) is 11.6 Å². The highest BCUT2D eigenvalue weighted by atomic mass is 16.7. The van der Waals surface area contributed by atoms with Gasteiger partial charge in [-0.1, -0.05) is 60.1 Å². The van der Waals surface area contributed by atoms with Crippen molar-refractivity contribution in [2.45, 2.75) is 173 Å². The van der Waals surface area contributed by atoms with Crippen LogP contribution in [-0.4, -0.2) is 145 Å². The minimum absolute atomic E-state index is 0.0409. The molecule has 0 spiro atoms. The maximum atomic E-state index is 13.1. The average molecular weight is 797 g/mol. The Morgan fingerprint density at radius 3 is 2.04 bits per heavy atom. The van der Waals surface area contributed by atoms with Crippen molar-refractivity contribution in [3.8, 4) is 0 Å². The molecule has 21 atom stereocenters. The van der Waals surface area contributed by atoms with E-state index in [-0.39, 0.29) is 40.4 Å². The van der Waals surface area contributed by atoms with E-state index in [9.17, 15) is 50.8 Å². The van der Waals surface area contributed by atoms with E-state index in [4.69, 9.17) is 18.9 Å². The number of aliphatic hydroxyl groups is 9. The van der Waals surface area contributed by atoms with E-state index in [0.717, 1.165) is 12.8 Å². The summed E-state index contributed by atoms with van der Waals surface area (Å²) < 4.78 is 23.6. The molecule has 2 aliphatic heterocycles. The minimum Gasteiger partial charge on any atom is -0.394 e. The molecule has 320 valence electrons. The van der Waals surface area contributed by atoms with Crippen LogP contribution in [0.3, 0.4) is 0 Å². The first-order valence-electron chi connectivity index (χ1n) is 20.9. The molecule has 7 aliphatic rings. The summed E-state index contributed by atoms with van der Waals surface area (Å²) in [5, 5.41) is 97.1. The SMILES string of the molecule is CC(C)C1CC(O)C2C1(C=O)CCC1(C)C3C(=CCC21C)C1(C)CCC(OC2OC(COC4OC(CO)C(O)C(O)C4O)C(O)C(O)C2O)C(C)(C)C1CC3O. The molecule has 0 aromatic rings. The molecular formula is C42H68O14. The van der Waals surface area contributed by atoms with Crippen molar-refractivity contribution in [2.75, 3.05) is 13.2 Å². The summed E-state index contributed by atoms with van der Waals surface area (Å²) in [7, 11) is 0. The summed E-state index contributed by atoms with van der Waals surface area (Å²) in [4.78, 5) is 13.1. The molecule has 9 N–H and O–H groups in total. The zero-order valence-electron chi connectivity index (χ0n) is 34.0. The van der Waals surface area contributed by atoms with Gasteiger partial charge in [0, 0.05) is 17.3 Å². The molecule has 7 rings (SSSR count). The number of hydrogen-bond donors (Lipinski definition) is 9. The van der Waals surface area contributed by atoms with Crippen LogP contribution < -0.4 is 0 Å². The van der Waals surface area contributed by atoms with Gasteiger partial charge in [0.05, 0.1) is 31.5 Å². The standard InChI is InChI=1S/C42H68O14/c1-19(2)21-14-23(46)35-41(7)11-8-20-28(40(41,6)12-13-42(21,35)18-44)22(45)15-26-38(3,4)27(9-10-39(20,26)5)56-37-34(52)32(50)30(48)25(55-37)17-53-36-33(51)31(49)29(47)24(16-43)54-36/h8,18-19,21-37,43,45-52H,9-17H2,1-7H3. The van der Waals surface area contributed by atoms with E-state index in [2.05, 4.69) is 54.5 Å². The van der Waals surface area contributed by atoms with Gasteiger partial charge in [0.2, 0.25) is 0 Å². The summed E-state index contributed by atoms with van der Waals surface area (Å²) >= 11 is 0. The van der Waals surface area contributed by atoms with Gasteiger partial charge in [-0.15, -0.1) is 0 Å². The summed E-state index contributed by atoms with van der Waals surface area (Å²) in [5.74, 6) is 0.00155. The number of allylic oxidation sites excluding steroid dienone is 1. The summed E-state index contributed by atoms with van der Waals surface area (Å²) in [6, 6.07) is 0. The second-order valence-corrected chi connectivity index (χ2v) is 20.3. The van der Waals surface area contributed by atoms with E-state index in [1.54, 1.807) is 0 Å². The third kappa shape index (κ3) is 6.09. The number of hydrogen-bond acceptors (Lipinski definition) is 14. The van der Waals surface area contributed by atoms with Crippen LogP contribution in [0.1, 0.15) is 93.4 Å². The van der Waals surface area contributed by atoms with Crippen molar-refractivity contribution in [1.29, 1.82) is 0 Å². The van der Waals surface area contributed by atoms with Gasteiger partial charge in [0.25, 0.3) is 0 Å². The van der Waals surface area contributed by atoms with Crippen molar-refractivity contribution < 1.29 is 69.7 Å². The predicted molar refractivity (Wildman–Crippen MR) is 199 cm³/mol. The van der Waals surface area contributed by atoms with E-state index < -0.39 is 109 Å². The first-order valence-corrected chi connectivity index (χ1v) is 20.9. The van der Waals surface area contributed by atoms with Crippen LogP contribution in [0.4, 0.5) is 0 Å². The number of aldehydes is 1. The molecule has 0 aromatic carbocycles. The van der Waals surface area contributed by atoms with Gasteiger partial charge in [-0.05, 0) is 84.4 Å². The third-order valence-electron chi connectivity index (χ3n) is 17.2. The Labute approximate surface area is 330 Å². The van der Waals surface area contributed by atoms with E-state index in [1.165, 1.54) is 11.9 Å². The molecule has 14 heteroatoms. The molecule has 21 unspecified atom stereocenters. The van der Waals surface area contributed by atoms with Gasteiger partial charge in [-0.2, -0.15) is 0 Å². The maximum Gasteiger partial charge on any atom is 0.186 e. The number of carbonyl (C=O) groups is 1. The molecule has 0 radical (unpaired) electrons. The smallest absolute Gasteiger partial charge is 0.186 e. The molecule has 2 heterocycles. The van der Waals surface area contributed by atoms with Crippen LogP contribution in [0.5, 0.6) is 0 Å². The zero-order valence-corrected chi connectivity index (χ0v) is 34.0. The van der Waals surface area contributed by atoms with Crippen LogP contribution in [0.15, 0.2) is 11.6 Å². The highest BCUT2D eigenvalue weighted by Gasteiger charge is 2.73. The molecular weight excluding hydrogens is 728 g/mol. The highest BCUT2D eigenvalue weighted by Crippen LogP contribution is 2.76. The Morgan fingerprint density at radius 2 is 1.41 bits per heavy atom. The fourth-order valence-electron chi connectivity index (χ4n) is 14.0. The second-order valence-electron chi connectivity index (χ2n) is 20.3. The average Bonchev–Trinajstić information content (AvgIpc) is 3.47. The molecule has 0 bridgehead atoms. The van der Waals surface area contributed by atoms with Crippen LogP contribution >= 0.6 is 0 Å². The van der Waals surface area contributed by atoms with Crippen molar-refractivity contribution in [2.24, 2.45) is 56.7 Å². The van der Waals surface area contributed by atoms with E-state index in [0.29, 0.717) is 32.1 Å². The topological polar surface area (TPSA) is 236 Å². The van der Waals surface area contributed by atoms with Gasteiger partial charge >= 0.3 is 0 Å². The summed E-state index contributed by atoms with van der Waals surface area (Å²) in [5.41, 5.74) is -0.940. The number of fused-ring (bicyclic) bond motifs is 7. The van der Waals surface area contributed by atoms with E-state index >= 15 is 0 Å². The Bertz CT molecular complexity index is 1490. The van der Waals surface area contributed by atoms with Crippen LogP contribution in [0.25, 0.3) is 0 Å². The highest BCUT2D eigenvalue weighted by molar-refractivity contribution is 5.63. The first-order chi connectivity index (χ1) is 26.1. The van der Waals surface area contributed by atoms with Crippen molar-refractivity contribution >= 4 is 6.29 Å². The monoisotopic (exact) mass is 796 g/mol. The predicted octanol–water partition coefficient (Wildman–Crippen LogP) is 0.794. The molecule has 6 fully saturated rings. The molecule has 2 saturated heterocycles. The minimum atomic E-state index is -1.68. The fourth-order valence-corrected chi connectivity index (χ4v) is 14.0. The molecule has 0 aromatic heterocycles. The lowest BCUT2D eigenvalue weighted by Gasteiger charge is -2.70. The molecule has 0 amide bonds. The maximum absolute atomic E-state index is 13.1. The molecule has 56 heavy (non-hydrogen) atoms. The van der Waals surface area contributed by atoms with E-state index in [1.807, 2.05) is 0 Å². The van der Waals surface area contributed by atoms with Crippen LogP contribution in [0.2, 0.25) is 0 Å². The third-order valence-corrected chi connectivity index (χ3v) is 17.2. The molecule has 5 aliphatic carbocycles. The Morgan fingerprint density at radius 1 is 0.786 bits per heavy atom. The first kappa shape index (κ1) is 43.0. The van der Waals surface area contributed by atoms with Crippen molar-refractivity contribution in [1.82, 2.24) is 0 Å². The number of carbonyl (C=O) groups excluding carboxylic acids is 1. The Kier molecular flexibility index (Phi) is 11.4. The Hall–Kier alpha value is -1.11. The van der Waals surface area contributed by atoms with Gasteiger partial charge < -0.3 is 69.7 Å².